The van der Waals surface area contributed by atoms with Crippen molar-refractivity contribution in [2.45, 2.75) is 65.0 Å². The lowest BCUT2D eigenvalue weighted by molar-refractivity contribution is -0.143. The number of carbonyl (C=O) groups is 2. The quantitative estimate of drug-likeness (QED) is 0.611. The van der Waals surface area contributed by atoms with Crippen LogP contribution in [0.1, 0.15) is 74.7 Å². The monoisotopic (exact) mass is 443 g/mol. The van der Waals surface area contributed by atoms with Gasteiger partial charge in [-0.1, -0.05) is 45.4 Å². The Morgan fingerprint density at radius 2 is 2.13 bits per heavy atom. The molecule has 0 radical (unpaired) electrons. The Bertz CT molecular complexity index is 896. The predicted molar refractivity (Wildman–Crippen MR) is 123 cm³/mol. The largest absolute Gasteiger partial charge is 0.496 e. The third kappa shape index (κ3) is 5.45. The molecule has 31 heavy (non-hydrogen) atoms. The van der Waals surface area contributed by atoms with Crippen LogP contribution in [0.25, 0.3) is 0 Å². The van der Waals surface area contributed by atoms with Gasteiger partial charge in [-0.05, 0) is 18.9 Å². The highest BCUT2D eigenvalue weighted by atomic mass is 32.1. The van der Waals surface area contributed by atoms with E-state index in [1.807, 2.05) is 34.5 Å². The van der Waals surface area contributed by atoms with Gasteiger partial charge in [-0.25, -0.2) is 4.98 Å². The topological polar surface area (TPSA) is 71.5 Å². The normalized spacial score (nSPS) is 19.0. The number of thiazole rings is 1. The van der Waals surface area contributed by atoms with Crippen molar-refractivity contribution < 1.29 is 14.3 Å². The van der Waals surface area contributed by atoms with Gasteiger partial charge in [0, 0.05) is 29.8 Å². The molecule has 1 aromatic heterocycles. The highest BCUT2D eigenvalue weighted by Crippen LogP contribution is 2.40. The molecule has 2 atom stereocenters. The van der Waals surface area contributed by atoms with Crippen LogP contribution < -0.4 is 10.1 Å². The molecular weight excluding hydrogens is 410 g/mol. The minimum Gasteiger partial charge on any atom is -0.496 e. The van der Waals surface area contributed by atoms with E-state index < -0.39 is 0 Å². The second-order valence-corrected chi connectivity index (χ2v) is 9.21. The Morgan fingerprint density at radius 1 is 1.35 bits per heavy atom. The summed E-state index contributed by atoms with van der Waals surface area (Å²) in [4.78, 5) is 32.7. The first-order valence-electron chi connectivity index (χ1n) is 11.1. The van der Waals surface area contributed by atoms with Crippen molar-refractivity contribution >= 4 is 23.2 Å². The summed E-state index contributed by atoms with van der Waals surface area (Å²) in [6.07, 6.45) is 2.82. The Hall–Kier alpha value is -2.41. The second-order valence-electron chi connectivity index (χ2n) is 8.32. The van der Waals surface area contributed by atoms with Crippen LogP contribution in [-0.2, 0) is 16.1 Å². The minimum absolute atomic E-state index is 0.0380. The van der Waals surface area contributed by atoms with Crippen LogP contribution in [0, 0.1) is 5.92 Å². The van der Waals surface area contributed by atoms with Gasteiger partial charge < -0.3 is 15.0 Å². The number of aromatic nitrogens is 1. The molecule has 3 rings (SSSR count). The highest BCUT2D eigenvalue weighted by molar-refractivity contribution is 7.09. The van der Waals surface area contributed by atoms with Gasteiger partial charge in [0.15, 0.2) is 0 Å². The molecule has 1 aliphatic rings. The standard InChI is InChI=1S/C24H33N3O3S/c1-5-6-13-27-21(28)12-11-19(22(27)18-9-7-8-10-20(18)30-4)23(29)25-14-17-15-31-24(26-17)16(2)3/h7-10,15-16,19,22H,5-6,11-14H2,1-4H3,(H,25,29). The highest BCUT2D eigenvalue weighted by Gasteiger charge is 2.41. The molecule has 0 saturated carbocycles. The minimum atomic E-state index is -0.328. The van der Waals surface area contributed by atoms with Gasteiger partial charge in [0.2, 0.25) is 11.8 Å². The number of benzene rings is 1. The maximum Gasteiger partial charge on any atom is 0.225 e. The van der Waals surface area contributed by atoms with Crippen LogP contribution in [0.2, 0.25) is 0 Å². The van der Waals surface area contributed by atoms with Crippen LogP contribution in [0.4, 0.5) is 0 Å². The van der Waals surface area contributed by atoms with E-state index in [4.69, 9.17) is 4.74 Å². The van der Waals surface area contributed by atoms with Gasteiger partial charge in [0.1, 0.15) is 5.75 Å². The van der Waals surface area contributed by atoms with Gasteiger partial charge in [-0.3, -0.25) is 9.59 Å². The van der Waals surface area contributed by atoms with E-state index >= 15 is 0 Å². The molecule has 1 saturated heterocycles. The van der Waals surface area contributed by atoms with Crippen molar-refractivity contribution in [3.05, 3.63) is 45.9 Å². The lowest BCUT2D eigenvalue weighted by Crippen LogP contribution is -2.48. The first-order valence-corrected chi connectivity index (χ1v) is 12.0. The molecule has 2 unspecified atom stereocenters. The average molecular weight is 444 g/mol. The maximum atomic E-state index is 13.3. The molecule has 168 valence electrons. The zero-order valence-electron chi connectivity index (χ0n) is 18.9. The summed E-state index contributed by atoms with van der Waals surface area (Å²) in [7, 11) is 1.63. The fourth-order valence-corrected chi connectivity index (χ4v) is 4.93. The number of ether oxygens (including phenoxy) is 1. The summed E-state index contributed by atoms with van der Waals surface area (Å²) in [5.74, 6) is 0.830. The fourth-order valence-electron chi connectivity index (χ4n) is 4.09. The Balaban J connectivity index is 1.84. The molecule has 1 aromatic carbocycles. The molecule has 1 N–H and O–H groups in total. The van der Waals surface area contributed by atoms with Crippen molar-refractivity contribution in [3.63, 3.8) is 0 Å². The van der Waals surface area contributed by atoms with E-state index in [9.17, 15) is 9.59 Å². The van der Waals surface area contributed by atoms with E-state index in [-0.39, 0.29) is 23.8 Å². The Kier molecular flexibility index (Phi) is 8.07. The maximum absolute atomic E-state index is 13.3. The molecule has 0 aliphatic carbocycles. The summed E-state index contributed by atoms with van der Waals surface area (Å²) < 4.78 is 5.59. The number of nitrogens with one attached hydrogen (secondary N) is 1. The summed E-state index contributed by atoms with van der Waals surface area (Å²) in [6, 6.07) is 7.38. The predicted octanol–water partition coefficient (Wildman–Crippen LogP) is 4.67. The number of unbranched alkanes of at least 4 members (excludes halogenated alkanes) is 1. The second kappa shape index (κ2) is 10.8. The van der Waals surface area contributed by atoms with Crippen molar-refractivity contribution in [3.8, 4) is 5.75 Å². The van der Waals surface area contributed by atoms with Crippen LogP contribution >= 0.6 is 11.3 Å². The van der Waals surface area contributed by atoms with E-state index in [0.29, 0.717) is 37.6 Å². The Morgan fingerprint density at radius 3 is 2.81 bits per heavy atom. The van der Waals surface area contributed by atoms with Gasteiger partial charge in [0.05, 0.1) is 36.3 Å². The molecule has 0 bridgehead atoms. The first kappa shape index (κ1) is 23.3. The van der Waals surface area contributed by atoms with Crippen LogP contribution in [0.3, 0.4) is 0 Å². The lowest BCUT2D eigenvalue weighted by atomic mass is 9.83. The summed E-state index contributed by atoms with van der Waals surface area (Å²) in [6.45, 7) is 7.38. The van der Waals surface area contributed by atoms with E-state index in [0.717, 1.165) is 29.1 Å². The molecule has 1 aliphatic heterocycles. The van der Waals surface area contributed by atoms with Gasteiger partial charge in [-0.15, -0.1) is 11.3 Å². The fraction of sp³-hybridized carbons (Fsp3) is 0.542. The number of para-hydroxylation sites is 1. The van der Waals surface area contributed by atoms with Gasteiger partial charge >= 0.3 is 0 Å². The first-order chi connectivity index (χ1) is 15.0. The molecular formula is C24H33N3O3S. The van der Waals surface area contributed by atoms with Crippen LogP contribution in [0.5, 0.6) is 5.75 Å². The number of nitrogens with zero attached hydrogens (tertiary/aromatic N) is 2. The van der Waals surface area contributed by atoms with E-state index in [2.05, 4.69) is 31.1 Å². The number of rotatable bonds is 9. The number of piperidine rings is 1. The number of carbonyl (C=O) groups excluding carboxylic acids is 2. The molecule has 2 aromatic rings. The van der Waals surface area contributed by atoms with Crippen molar-refractivity contribution in [2.75, 3.05) is 13.7 Å². The molecule has 2 amide bonds. The molecule has 0 spiro atoms. The average Bonchev–Trinajstić information content (AvgIpc) is 3.26. The summed E-state index contributed by atoms with van der Waals surface area (Å²) in [5, 5.41) is 6.16. The van der Waals surface area contributed by atoms with Crippen molar-refractivity contribution in [1.29, 1.82) is 0 Å². The number of hydrogen-bond acceptors (Lipinski definition) is 5. The molecule has 1 fully saturated rings. The smallest absolute Gasteiger partial charge is 0.225 e. The molecule has 7 heteroatoms. The molecule has 6 nitrogen and oxygen atoms in total. The lowest BCUT2D eigenvalue weighted by Gasteiger charge is -2.41. The number of amides is 2. The van der Waals surface area contributed by atoms with Crippen molar-refractivity contribution in [2.24, 2.45) is 5.92 Å². The number of methoxy groups -OCH3 is 1. The van der Waals surface area contributed by atoms with Crippen LogP contribution in [-0.4, -0.2) is 35.4 Å². The van der Waals surface area contributed by atoms with Crippen LogP contribution in [0.15, 0.2) is 29.6 Å². The Labute approximate surface area is 189 Å². The van der Waals surface area contributed by atoms with Crippen molar-refractivity contribution in [1.82, 2.24) is 15.2 Å². The van der Waals surface area contributed by atoms with Gasteiger partial charge in [0.25, 0.3) is 0 Å². The third-order valence-corrected chi connectivity index (χ3v) is 6.95. The number of hydrogen-bond donors (Lipinski definition) is 1. The summed E-state index contributed by atoms with van der Waals surface area (Å²) >= 11 is 1.63. The summed E-state index contributed by atoms with van der Waals surface area (Å²) in [5.41, 5.74) is 1.77. The third-order valence-electron chi connectivity index (χ3n) is 5.76. The van der Waals surface area contributed by atoms with Gasteiger partial charge in [-0.2, -0.15) is 0 Å². The van der Waals surface area contributed by atoms with E-state index in [1.165, 1.54) is 0 Å². The SMILES string of the molecule is CCCCN1C(=O)CCC(C(=O)NCc2csc(C(C)C)n2)C1c1ccccc1OC. The van der Waals surface area contributed by atoms with E-state index in [1.54, 1.807) is 18.4 Å². The number of likely N-dealkylation sites (tertiary alicyclic amines) is 1. The zero-order chi connectivity index (χ0) is 22.4. The molecule has 2 heterocycles. The zero-order valence-corrected chi connectivity index (χ0v) is 19.7.